The third kappa shape index (κ3) is 4.22. The highest BCUT2D eigenvalue weighted by Crippen LogP contribution is 2.40. The van der Waals surface area contributed by atoms with Gasteiger partial charge in [-0.05, 0) is 29.1 Å². The van der Waals surface area contributed by atoms with Gasteiger partial charge in [-0.2, -0.15) is 9.47 Å². The molecule has 0 bridgehead atoms. The Bertz CT molecular complexity index is 1390. The van der Waals surface area contributed by atoms with Gasteiger partial charge in [0, 0.05) is 34.1 Å². The van der Waals surface area contributed by atoms with Gasteiger partial charge in [-0.25, -0.2) is 23.4 Å². The van der Waals surface area contributed by atoms with Crippen LogP contribution in [-0.4, -0.2) is 38.8 Å². The van der Waals surface area contributed by atoms with Crippen LogP contribution in [0.4, 0.5) is 8.78 Å². The van der Waals surface area contributed by atoms with Gasteiger partial charge in [0.1, 0.15) is 40.6 Å². The van der Waals surface area contributed by atoms with E-state index in [2.05, 4.69) is 29.0 Å². The Balaban J connectivity index is 1.48. The molecular weight excluding hydrogens is 480 g/mol. The van der Waals surface area contributed by atoms with E-state index in [0.717, 1.165) is 40.5 Å². The molecule has 5 aromatic rings. The molecule has 0 fully saturated rings. The number of hydrogen-bond acceptors (Lipinski definition) is 9. The number of halogens is 2. The molecule has 2 atom stereocenters. The highest BCUT2D eigenvalue weighted by atomic mass is 32.1. The van der Waals surface area contributed by atoms with Crippen LogP contribution in [0.5, 0.6) is 0 Å². The first-order valence-corrected chi connectivity index (χ1v) is 11.8. The van der Waals surface area contributed by atoms with Crippen LogP contribution in [0.2, 0.25) is 0 Å². The summed E-state index contributed by atoms with van der Waals surface area (Å²) >= 11 is 2.39. The van der Waals surface area contributed by atoms with Crippen molar-refractivity contribution in [2.24, 2.45) is 0 Å². The average Bonchev–Trinajstić information content (AvgIpc) is 3.61. The molecule has 0 radical (unpaired) electrons. The summed E-state index contributed by atoms with van der Waals surface area (Å²) in [5, 5.41) is 22.2. The minimum absolute atomic E-state index is 0.0603. The first kappa shape index (κ1) is 22.3. The third-order valence-electron chi connectivity index (χ3n) is 5.59. The van der Waals surface area contributed by atoms with Crippen LogP contribution >= 0.6 is 23.1 Å². The molecule has 5 rings (SSSR count). The van der Waals surface area contributed by atoms with E-state index >= 15 is 0 Å². The van der Waals surface area contributed by atoms with E-state index in [4.69, 9.17) is 0 Å². The fraction of sp³-hybridized carbons (Fsp3) is 0.182. The first-order chi connectivity index (χ1) is 16.4. The number of aromatic nitrogens is 7. The molecule has 3 aromatic heterocycles. The van der Waals surface area contributed by atoms with E-state index in [9.17, 15) is 13.9 Å². The van der Waals surface area contributed by atoms with Crippen LogP contribution in [-0.2, 0) is 12.1 Å². The van der Waals surface area contributed by atoms with Crippen LogP contribution in [0.1, 0.15) is 23.4 Å². The van der Waals surface area contributed by atoms with Crippen LogP contribution in [0, 0.1) is 11.6 Å². The fourth-order valence-corrected chi connectivity index (χ4v) is 4.94. The lowest BCUT2D eigenvalue weighted by atomic mass is 9.82. The van der Waals surface area contributed by atoms with Crippen molar-refractivity contribution in [2.75, 3.05) is 0 Å². The minimum atomic E-state index is -1.79. The second kappa shape index (κ2) is 9.05. The Labute approximate surface area is 200 Å². The summed E-state index contributed by atoms with van der Waals surface area (Å²) < 4.78 is 38.1. The van der Waals surface area contributed by atoms with E-state index in [-0.39, 0.29) is 12.1 Å². The summed E-state index contributed by atoms with van der Waals surface area (Å²) in [6.45, 7) is 1.62. The van der Waals surface area contributed by atoms with E-state index in [0.29, 0.717) is 10.8 Å². The Kier molecular flexibility index (Phi) is 5.94. The van der Waals surface area contributed by atoms with Gasteiger partial charge >= 0.3 is 0 Å². The van der Waals surface area contributed by atoms with Gasteiger partial charge in [-0.1, -0.05) is 41.7 Å². The third-order valence-corrected chi connectivity index (χ3v) is 7.00. The summed E-state index contributed by atoms with van der Waals surface area (Å²) in [6.07, 6.45) is 2.74. The minimum Gasteiger partial charge on any atom is -0.382 e. The molecule has 12 heteroatoms. The molecule has 0 aliphatic rings. The van der Waals surface area contributed by atoms with Crippen LogP contribution in [0.3, 0.4) is 0 Å². The molecule has 34 heavy (non-hydrogen) atoms. The van der Waals surface area contributed by atoms with Crippen LogP contribution in [0.15, 0.2) is 60.5 Å². The number of rotatable bonds is 7. The zero-order valence-corrected chi connectivity index (χ0v) is 19.3. The van der Waals surface area contributed by atoms with Gasteiger partial charge < -0.3 is 5.11 Å². The fourth-order valence-electron chi connectivity index (χ4n) is 3.67. The zero-order valence-electron chi connectivity index (χ0n) is 17.7. The van der Waals surface area contributed by atoms with Crippen molar-refractivity contribution >= 4 is 23.1 Å². The van der Waals surface area contributed by atoms with E-state index in [1.54, 1.807) is 6.92 Å². The van der Waals surface area contributed by atoms with Crippen molar-refractivity contribution in [1.82, 2.24) is 33.7 Å². The average molecular weight is 498 g/mol. The lowest BCUT2D eigenvalue weighted by Gasteiger charge is -2.33. The van der Waals surface area contributed by atoms with Crippen molar-refractivity contribution in [3.8, 4) is 22.6 Å². The van der Waals surface area contributed by atoms with Gasteiger partial charge in [0.25, 0.3) is 0 Å². The topological polar surface area (TPSA) is 102 Å². The van der Waals surface area contributed by atoms with Crippen molar-refractivity contribution in [3.05, 3.63) is 82.7 Å². The molecule has 0 aliphatic heterocycles. The first-order valence-electron chi connectivity index (χ1n) is 10.2. The Morgan fingerprint density at radius 2 is 1.91 bits per heavy atom. The van der Waals surface area contributed by atoms with Gasteiger partial charge in [-0.15, -0.1) is 5.10 Å². The van der Waals surface area contributed by atoms with E-state index < -0.39 is 23.2 Å². The smallest absolute Gasteiger partial charge is 0.173 e. The summed E-state index contributed by atoms with van der Waals surface area (Å²) in [7, 11) is 0. The molecule has 3 heterocycles. The number of benzene rings is 2. The Morgan fingerprint density at radius 3 is 2.59 bits per heavy atom. The number of aliphatic hydroxyl groups is 1. The van der Waals surface area contributed by atoms with E-state index in [1.807, 2.05) is 29.6 Å². The standard InChI is InChI=1S/C22H17F2N7OS2/c1-13(22(32,10-31-12-25-11-26-31)17-7-6-16(23)8-18(17)24)21-27-20(29-34-21)15-4-2-14(3-5-15)19-9-33-30-28-19/h2-9,11-13,32H,10H2,1H3/t13-,22+/m0/s1. The van der Waals surface area contributed by atoms with Crippen molar-refractivity contribution in [2.45, 2.75) is 25.0 Å². The summed E-state index contributed by atoms with van der Waals surface area (Å²) in [5.74, 6) is -1.79. The van der Waals surface area contributed by atoms with Gasteiger partial charge in [0.15, 0.2) is 5.82 Å². The SMILES string of the molecule is C[C@@H](c1nc(-c2ccc(-c3csnn3)cc2)ns1)[C@](O)(Cn1cncn1)c1ccc(F)cc1F. The van der Waals surface area contributed by atoms with Gasteiger partial charge in [0.05, 0.1) is 6.54 Å². The van der Waals surface area contributed by atoms with Gasteiger partial charge in [0.2, 0.25) is 0 Å². The van der Waals surface area contributed by atoms with E-state index in [1.165, 1.54) is 34.9 Å². The van der Waals surface area contributed by atoms with Crippen LogP contribution < -0.4 is 0 Å². The second-order valence-corrected chi connectivity index (χ2v) is 9.08. The zero-order chi connectivity index (χ0) is 23.7. The maximum Gasteiger partial charge on any atom is 0.173 e. The molecule has 0 unspecified atom stereocenters. The largest absolute Gasteiger partial charge is 0.382 e. The van der Waals surface area contributed by atoms with Crippen molar-refractivity contribution in [1.29, 1.82) is 0 Å². The summed E-state index contributed by atoms with van der Waals surface area (Å²) in [5.41, 5.74) is 0.653. The molecule has 0 amide bonds. The second-order valence-electron chi connectivity index (χ2n) is 7.69. The lowest BCUT2D eigenvalue weighted by molar-refractivity contribution is -0.0112. The van der Waals surface area contributed by atoms with Crippen molar-refractivity contribution in [3.63, 3.8) is 0 Å². The van der Waals surface area contributed by atoms with Gasteiger partial charge in [-0.3, -0.25) is 0 Å². The predicted molar refractivity (Wildman–Crippen MR) is 123 cm³/mol. The summed E-state index contributed by atoms with van der Waals surface area (Å²) in [6, 6.07) is 10.7. The molecule has 2 aromatic carbocycles. The normalized spacial score (nSPS) is 14.1. The van der Waals surface area contributed by atoms with Crippen molar-refractivity contribution < 1.29 is 13.9 Å². The molecule has 1 N–H and O–H groups in total. The van der Waals surface area contributed by atoms with Crippen LogP contribution in [0.25, 0.3) is 22.6 Å². The summed E-state index contributed by atoms with van der Waals surface area (Å²) in [4.78, 5) is 8.51. The predicted octanol–water partition coefficient (Wildman–Crippen LogP) is 4.28. The Morgan fingerprint density at radius 1 is 1.12 bits per heavy atom. The highest BCUT2D eigenvalue weighted by molar-refractivity contribution is 7.05. The lowest BCUT2D eigenvalue weighted by Crippen LogP contribution is -2.38. The maximum atomic E-state index is 14.8. The molecule has 0 aliphatic carbocycles. The highest BCUT2D eigenvalue weighted by Gasteiger charge is 2.41. The molecular formula is C22H17F2N7OS2. The quantitative estimate of drug-likeness (QED) is 0.358. The number of hydrogen-bond donors (Lipinski definition) is 1. The maximum absolute atomic E-state index is 14.8. The molecule has 0 saturated heterocycles. The number of nitrogens with zero attached hydrogens (tertiary/aromatic N) is 7. The monoisotopic (exact) mass is 497 g/mol. The molecule has 0 saturated carbocycles. The molecule has 172 valence electrons. The molecule has 0 spiro atoms. The Hall–Kier alpha value is -3.48. The molecule has 8 nitrogen and oxygen atoms in total.